The summed E-state index contributed by atoms with van der Waals surface area (Å²) in [5.74, 6) is -2.68. The van der Waals surface area contributed by atoms with Crippen LogP contribution in [0.1, 0.15) is 61.9 Å². The molecule has 1 fully saturated rings. The second-order valence-electron chi connectivity index (χ2n) is 9.62. The molecule has 1 heterocycles. The molecule has 1 saturated heterocycles. The van der Waals surface area contributed by atoms with Crippen LogP contribution in [0.15, 0.2) is 29.3 Å². The number of guanidine groups is 1. The van der Waals surface area contributed by atoms with Crippen molar-refractivity contribution in [2.45, 2.75) is 65.0 Å². The van der Waals surface area contributed by atoms with Crippen LogP contribution in [0.25, 0.3) is 0 Å². The highest BCUT2D eigenvalue weighted by molar-refractivity contribution is 6.00. The monoisotopic (exact) mass is 503 g/mol. The first-order chi connectivity index (χ1) is 17.1. The van der Waals surface area contributed by atoms with E-state index in [0.29, 0.717) is 31.4 Å². The predicted molar refractivity (Wildman–Crippen MR) is 136 cm³/mol. The van der Waals surface area contributed by atoms with Crippen LogP contribution in [0.4, 0.5) is 4.39 Å². The normalized spacial score (nSPS) is 16.9. The number of ketones is 2. The van der Waals surface area contributed by atoms with E-state index in [4.69, 9.17) is 11.5 Å². The van der Waals surface area contributed by atoms with Gasteiger partial charge in [-0.2, -0.15) is 0 Å². The van der Waals surface area contributed by atoms with Gasteiger partial charge < -0.3 is 21.7 Å². The van der Waals surface area contributed by atoms with Gasteiger partial charge in [0.15, 0.2) is 17.5 Å². The number of nitrogens with two attached hydrogens (primary N) is 2. The SMILES string of the molecule is Cc1ccccc1C(=O)N[C@H](C(=O)N1CCC[C@H]1C(=O)C[C@@H](CCCN=C(N)N)C(=O)CF)C(C)C. The van der Waals surface area contributed by atoms with E-state index in [9.17, 15) is 23.6 Å². The minimum atomic E-state index is -1.16. The van der Waals surface area contributed by atoms with Gasteiger partial charge in [-0.3, -0.25) is 24.2 Å². The van der Waals surface area contributed by atoms with Gasteiger partial charge in [0.25, 0.3) is 5.91 Å². The lowest BCUT2D eigenvalue weighted by Gasteiger charge is -2.31. The average Bonchev–Trinajstić information content (AvgIpc) is 3.33. The number of carbonyl (C=O) groups excluding carboxylic acids is 4. The van der Waals surface area contributed by atoms with Crippen molar-refractivity contribution in [1.82, 2.24) is 10.2 Å². The maximum atomic E-state index is 13.5. The summed E-state index contributed by atoms with van der Waals surface area (Å²) in [7, 11) is 0. The summed E-state index contributed by atoms with van der Waals surface area (Å²) >= 11 is 0. The molecule has 9 nitrogen and oxygen atoms in total. The molecule has 1 aliphatic heterocycles. The first kappa shape index (κ1) is 28.9. The molecule has 198 valence electrons. The van der Waals surface area contributed by atoms with E-state index in [1.165, 1.54) is 4.90 Å². The Bertz CT molecular complexity index is 977. The number of aliphatic imine (C=N–C) groups is 1. The summed E-state index contributed by atoms with van der Waals surface area (Å²) in [5, 5.41) is 2.84. The number of amides is 2. The molecule has 5 N–H and O–H groups in total. The maximum absolute atomic E-state index is 13.5. The Labute approximate surface area is 211 Å². The number of likely N-dealkylation sites (tertiary alicyclic amines) is 1. The summed E-state index contributed by atoms with van der Waals surface area (Å²) in [6.45, 7) is 4.99. The molecule has 1 aliphatic rings. The zero-order chi connectivity index (χ0) is 26.8. The van der Waals surface area contributed by atoms with E-state index in [1.54, 1.807) is 12.1 Å². The molecule has 0 spiro atoms. The quantitative estimate of drug-likeness (QED) is 0.213. The average molecular weight is 504 g/mol. The molecule has 0 aliphatic carbocycles. The van der Waals surface area contributed by atoms with Crippen molar-refractivity contribution in [3.63, 3.8) is 0 Å². The van der Waals surface area contributed by atoms with Gasteiger partial charge in [-0.05, 0) is 50.2 Å². The Morgan fingerprint density at radius 1 is 1.19 bits per heavy atom. The fraction of sp³-hybridized carbons (Fsp3) is 0.577. The number of Topliss-reactive ketones (excluding diaryl/α,β-unsaturated/α-hetero) is 2. The number of hydrogen-bond donors (Lipinski definition) is 3. The molecule has 2 rings (SSSR count). The maximum Gasteiger partial charge on any atom is 0.252 e. The Morgan fingerprint density at radius 2 is 1.89 bits per heavy atom. The van der Waals surface area contributed by atoms with Crippen LogP contribution in [0.5, 0.6) is 0 Å². The number of nitrogens with one attached hydrogen (secondary N) is 1. The van der Waals surface area contributed by atoms with E-state index < -0.39 is 30.5 Å². The van der Waals surface area contributed by atoms with Gasteiger partial charge in [-0.1, -0.05) is 32.0 Å². The standard InChI is InChI=1S/C26H38FN5O4/c1-16(2)23(31-24(35)19-10-5-4-8-17(19)3)25(36)32-13-7-11-20(32)21(33)14-18(22(34)15-27)9-6-12-30-26(28)29/h4-5,8,10,16,18,20,23H,6-7,9,11-15H2,1-3H3,(H,31,35)(H4,28,29,30)/t18-,20+,23+/m1/s1. The fourth-order valence-electron chi connectivity index (χ4n) is 4.51. The molecule has 0 radical (unpaired) electrons. The van der Waals surface area contributed by atoms with Crippen LogP contribution >= 0.6 is 0 Å². The lowest BCUT2D eigenvalue weighted by molar-refractivity contribution is -0.140. The van der Waals surface area contributed by atoms with Crippen LogP contribution < -0.4 is 16.8 Å². The minimum absolute atomic E-state index is 0.0752. The zero-order valence-corrected chi connectivity index (χ0v) is 21.3. The number of nitrogens with zero attached hydrogens (tertiary/aromatic N) is 2. The van der Waals surface area contributed by atoms with Gasteiger partial charge in [-0.15, -0.1) is 0 Å². The molecular formula is C26H38FN5O4. The third kappa shape index (κ3) is 7.86. The molecular weight excluding hydrogens is 465 g/mol. The number of carbonyl (C=O) groups is 4. The predicted octanol–water partition coefficient (Wildman–Crippen LogP) is 1.91. The first-order valence-electron chi connectivity index (χ1n) is 12.4. The minimum Gasteiger partial charge on any atom is -0.370 e. The van der Waals surface area contributed by atoms with E-state index >= 15 is 0 Å². The van der Waals surface area contributed by atoms with Gasteiger partial charge in [0.05, 0.1) is 6.04 Å². The smallest absolute Gasteiger partial charge is 0.252 e. The second kappa shape index (κ2) is 13.7. The Kier molecular flexibility index (Phi) is 11.0. The highest BCUT2D eigenvalue weighted by atomic mass is 19.1. The number of benzene rings is 1. The topological polar surface area (TPSA) is 148 Å². The van der Waals surface area contributed by atoms with E-state index in [1.807, 2.05) is 32.9 Å². The molecule has 1 aromatic rings. The van der Waals surface area contributed by atoms with Crippen LogP contribution in [-0.4, -0.2) is 66.1 Å². The number of halogens is 1. The van der Waals surface area contributed by atoms with E-state index in [2.05, 4.69) is 10.3 Å². The summed E-state index contributed by atoms with van der Waals surface area (Å²) < 4.78 is 13.2. The van der Waals surface area contributed by atoms with Crippen molar-refractivity contribution >= 4 is 29.3 Å². The number of hydrogen-bond acceptors (Lipinski definition) is 5. The zero-order valence-electron chi connectivity index (χ0n) is 21.3. The Morgan fingerprint density at radius 3 is 2.50 bits per heavy atom. The number of alkyl halides is 1. The summed E-state index contributed by atoms with van der Waals surface area (Å²) in [6.07, 6.45) is 1.64. The second-order valence-corrected chi connectivity index (χ2v) is 9.62. The molecule has 0 bridgehead atoms. The lowest BCUT2D eigenvalue weighted by Crippen LogP contribution is -2.54. The molecule has 3 atom stereocenters. The van der Waals surface area contributed by atoms with E-state index in [0.717, 1.165) is 5.56 Å². The highest BCUT2D eigenvalue weighted by Gasteiger charge is 2.39. The van der Waals surface area contributed by atoms with E-state index in [-0.39, 0.29) is 48.9 Å². The van der Waals surface area contributed by atoms with Crippen LogP contribution in [0.2, 0.25) is 0 Å². The van der Waals surface area contributed by atoms with Crippen LogP contribution in [0.3, 0.4) is 0 Å². The van der Waals surface area contributed by atoms with Crippen molar-refractivity contribution in [3.05, 3.63) is 35.4 Å². The summed E-state index contributed by atoms with van der Waals surface area (Å²) in [5.41, 5.74) is 11.9. The highest BCUT2D eigenvalue weighted by Crippen LogP contribution is 2.25. The van der Waals surface area contributed by atoms with Crippen molar-refractivity contribution in [1.29, 1.82) is 0 Å². The number of rotatable bonds is 13. The molecule has 0 aromatic heterocycles. The van der Waals surface area contributed by atoms with Gasteiger partial charge in [0.2, 0.25) is 5.91 Å². The number of aryl methyl sites for hydroxylation is 1. The van der Waals surface area contributed by atoms with Crippen LogP contribution in [-0.2, 0) is 14.4 Å². The Hall–Kier alpha value is -3.30. The fourth-order valence-corrected chi connectivity index (χ4v) is 4.51. The van der Waals surface area contributed by atoms with Gasteiger partial charge in [0, 0.05) is 31.0 Å². The van der Waals surface area contributed by atoms with Crippen LogP contribution in [0, 0.1) is 18.8 Å². The Balaban J connectivity index is 2.11. The largest absolute Gasteiger partial charge is 0.370 e. The third-order valence-electron chi connectivity index (χ3n) is 6.56. The molecule has 1 aromatic carbocycles. The summed E-state index contributed by atoms with van der Waals surface area (Å²) in [6, 6.07) is 5.59. The first-order valence-corrected chi connectivity index (χ1v) is 12.4. The van der Waals surface area contributed by atoms with Gasteiger partial charge in [0.1, 0.15) is 12.7 Å². The van der Waals surface area contributed by atoms with Gasteiger partial charge in [-0.25, -0.2) is 4.39 Å². The molecule has 0 saturated carbocycles. The molecule has 10 heteroatoms. The van der Waals surface area contributed by atoms with Crippen molar-refractivity contribution in [3.8, 4) is 0 Å². The summed E-state index contributed by atoms with van der Waals surface area (Å²) in [4.78, 5) is 57.1. The van der Waals surface area contributed by atoms with Crippen molar-refractivity contribution in [2.24, 2.45) is 28.3 Å². The molecule has 0 unspecified atom stereocenters. The lowest BCUT2D eigenvalue weighted by atomic mass is 9.90. The van der Waals surface area contributed by atoms with Crippen molar-refractivity contribution in [2.75, 3.05) is 19.8 Å². The molecule has 2 amide bonds. The third-order valence-corrected chi connectivity index (χ3v) is 6.56. The van der Waals surface area contributed by atoms with Crippen molar-refractivity contribution < 1.29 is 23.6 Å². The van der Waals surface area contributed by atoms with Gasteiger partial charge >= 0.3 is 0 Å². The molecule has 36 heavy (non-hydrogen) atoms.